The van der Waals surface area contributed by atoms with Crippen LogP contribution in [0, 0.1) is 23.2 Å². The van der Waals surface area contributed by atoms with Gasteiger partial charge in [-0.05, 0) is 86.8 Å². The highest BCUT2D eigenvalue weighted by molar-refractivity contribution is 6.35. The molecule has 0 saturated heterocycles. The van der Waals surface area contributed by atoms with Crippen LogP contribution >= 0.6 is 23.2 Å². The Morgan fingerprint density at radius 1 is 0.967 bits per heavy atom. The van der Waals surface area contributed by atoms with Crippen LogP contribution in [0.25, 0.3) is 0 Å². The summed E-state index contributed by atoms with van der Waals surface area (Å²) in [6.45, 7) is 3.70. The number of halogens is 2. The Balaban J connectivity index is 1.24. The molecule has 6 rings (SSSR count). The average Bonchev–Trinajstić information content (AvgIpc) is 2.71. The molecule has 30 heavy (non-hydrogen) atoms. The summed E-state index contributed by atoms with van der Waals surface area (Å²) in [5, 5.41) is 5.18. The fourth-order valence-electron chi connectivity index (χ4n) is 6.77. The molecular weight excluding hydrogens is 413 g/mol. The van der Waals surface area contributed by atoms with Crippen molar-refractivity contribution in [2.24, 2.45) is 23.2 Å². The van der Waals surface area contributed by atoms with E-state index in [1.807, 2.05) is 18.2 Å². The average molecular weight is 444 g/mol. The van der Waals surface area contributed by atoms with Crippen LogP contribution in [0.2, 0.25) is 10.0 Å². The van der Waals surface area contributed by atoms with Gasteiger partial charge in [-0.2, -0.15) is 0 Å². The predicted octanol–water partition coefficient (Wildman–Crippen LogP) is 7.27. The molecule has 0 heterocycles. The van der Waals surface area contributed by atoms with Gasteiger partial charge in [0.05, 0.1) is 0 Å². The van der Waals surface area contributed by atoms with E-state index in [1.165, 1.54) is 44.1 Å². The molecule has 0 unspecified atom stereocenters. The summed E-state index contributed by atoms with van der Waals surface area (Å²) in [7, 11) is 0. The highest BCUT2D eigenvalue weighted by atomic mass is 35.5. The number of hydrogen-bond acceptors (Lipinski definition) is 2. The van der Waals surface area contributed by atoms with Gasteiger partial charge in [0.15, 0.2) is 0 Å². The van der Waals surface area contributed by atoms with Gasteiger partial charge >= 0.3 is 0 Å². The number of rotatable bonds is 7. The third-order valence-corrected chi connectivity index (χ3v) is 8.56. The Hall–Kier alpha value is -1.22. The lowest BCUT2D eigenvalue weighted by molar-refractivity contribution is -0.0706. The summed E-state index contributed by atoms with van der Waals surface area (Å²) in [5.74, 6) is 3.88. The fraction of sp³-hybridized carbons (Fsp3) is 0.538. The van der Waals surface area contributed by atoms with Crippen molar-refractivity contribution in [3.05, 3.63) is 63.6 Å². The zero-order valence-electron chi connectivity index (χ0n) is 17.7. The second-order valence-electron chi connectivity index (χ2n) is 10.0. The van der Waals surface area contributed by atoms with Crippen molar-refractivity contribution in [3.8, 4) is 5.75 Å². The minimum absolute atomic E-state index is 0.442. The zero-order chi connectivity index (χ0) is 20.7. The minimum atomic E-state index is 0.442. The maximum atomic E-state index is 6.31. The predicted molar refractivity (Wildman–Crippen MR) is 124 cm³/mol. The first-order chi connectivity index (χ1) is 14.5. The molecular formula is C26H31Cl2NO. The molecule has 0 radical (unpaired) electrons. The van der Waals surface area contributed by atoms with Gasteiger partial charge in [-0.1, -0.05) is 47.5 Å². The Morgan fingerprint density at radius 2 is 1.63 bits per heavy atom. The van der Waals surface area contributed by atoms with Crippen LogP contribution in [-0.2, 0) is 13.2 Å². The van der Waals surface area contributed by atoms with Crippen LogP contribution in [0.3, 0.4) is 0 Å². The van der Waals surface area contributed by atoms with Crippen molar-refractivity contribution in [1.82, 2.24) is 5.32 Å². The molecule has 4 aliphatic rings. The van der Waals surface area contributed by atoms with Crippen molar-refractivity contribution in [2.75, 3.05) is 0 Å². The molecule has 160 valence electrons. The van der Waals surface area contributed by atoms with Crippen molar-refractivity contribution in [2.45, 2.75) is 64.6 Å². The molecule has 2 aromatic carbocycles. The van der Waals surface area contributed by atoms with E-state index in [0.717, 1.165) is 35.6 Å². The highest BCUT2D eigenvalue weighted by Crippen LogP contribution is 2.61. The monoisotopic (exact) mass is 443 g/mol. The number of nitrogens with one attached hydrogen (secondary N) is 1. The van der Waals surface area contributed by atoms with Crippen LogP contribution in [0.5, 0.6) is 5.75 Å². The van der Waals surface area contributed by atoms with Crippen LogP contribution in [0.1, 0.15) is 56.6 Å². The molecule has 0 amide bonds. The Kier molecular flexibility index (Phi) is 5.77. The van der Waals surface area contributed by atoms with E-state index >= 15 is 0 Å². The number of hydrogen-bond donors (Lipinski definition) is 1. The van der Waals surface area contributed by atoms with Crippen LogP contribution in [0.4, 0.5) is 0 Å². The quantitative estimate of drug-likeness (QED) is 0.485. The molecule has 2 nitrogen and oxygen atoms in total. The first-order valence-electron chi connectivity index (χ1n) is 11.4. The Morgan fingerprint density at radius 3 is 2.30 bits per heavy atom. The summed E-state index contributed by atoms with van der Waals surface area (Å²) in [4.78, 5) is 0. The second-order valence-corrected chi connectivity index (χ2v) is 10.9. The molecule has 2 aromatic rings. The van der Waals surface area contributed by atoms with E-state index in [9.17, 15) is 0 Å². The van der Waals surface area contributed by atoms with Crippen LogP contribution in [-0.4, -0.2) is 6.04 Å². The highest BCUT2D eigenvalue weighted by Gasteiger charge is 2.52. The first-order valence-corrected chi connectivity index (χ1v) is 12.1. The van der Waals surface area contributed by atoms with E-state index in [-0.39, 0.29) is 0 Å². The van der Waals surface area contributed by atoms with Gasteiger partial charge in [-0.25, -0.2) is 0 Å². The van der Waals surface area contributed by atoms with Crippen molar-refractivity contribution < 1.29 is 4.74 Å². The summed E-state index contributed by atoms with van der Waals surface area (Å²) in [5.41, 5.74) is 2.67. The molecule has 0 aromatic heterocycles. The van der Waals surface area contributed by atoms with E-state index in [1.54, 1.807) is 6.07 Å². The molecule has 4 aliphatic carbocycles. The van der Waals surface area contributed by atoms with Crippen LogP contribution < -0.4 is 10.1 Å². The summed E-state index contributed by atoms with van der Waals surface area (Å²) in [6.07, 6.45) is 8.78. The SMILES string of the molecule is C[C@H](NCc1ccccc1OCc1ccc(Cl)cc1Cl)C12CC3CC(CC(C3)C1)C2. The summed E-state index contributed by atoms with van der Waals surface area (Å²) < 4.78 is 6.16. The second kappa shape index (κ2) is 8.37. The molecule has 4 saturated carbocycles. The van der Waals surface area contributed by atoms with Crippen molar-refractivity contribution in [3.63, 3.8) is 0 Å². The van der Waals surface area contributed by atoms with Crippen LogP contribution in [0.15, 0.2) is 42.5 Å². The third-order valence-electron chi connectivity index (χ3n) is 7.97. The molecule has 0 aliphatic heterocycles. The third kappa shape index (κ3) is 4.11. The lowest BCUT2D eigenvalue weighted by Crippen LogP contribution is -2.54. The smallest absolute Gasteiger partial charge is 0.124 e. The number of benzene rings is 2. The Labute approximate surface area is 190 Å². The lowest BCUT2D eigenvalue weighted by atomic mass is 9.48. The lowest BCUT2D eigenvalue weighted by Gasteiger charge is -2.59. The number of para-hydroxylation sites is 1. The standard InChI is InChI=1S/C26H31Cl2NO/c1-17(26-12-18-8-19(13-26)10-20(9-18)14-26)29-15-21-4-2-3-5-25(21)30-16-22-6-7-23(27)11-24(22)28/h2-7,11,17-20,29H,8-10,12-16H2,1H3/t17-,18?,19?,20?,26?/m0/s1. The van der Waals surface area contributed by atoms with Crippen molar-refractivity contribution in [1.29, 1.82) is 0 Å². The molecule has 1 N–H and O–H groups in total. The first kappa shape index (κ1) is 20.7. The topological polar surface area (TPSA) is 21.3 Å². The van der Waals surface area contributed by atoms with E-state index < -0.39 is 0 Å². The minimum Gasteiger partial charge on any atom is -0.489 e. The maximum Gasteiger partial charge on any atom is 0.124 e. The van der Waals surface area contributed by atoms with E-state index in [2.05, 4.69) is 30.4 Å². The van der Waals surface area contributed by atoms with Gasteiger partial charge in [0.1, 0.15) is 12.4 Å². The van der Waals surface area contributed by atoms with E-state index in [4.69, 9.17) is 27.9 Å². The van der Waals surface area contributed by atoms with E-state index in [0.29, 0.717) is 28.1 Å². The molecule has 4 fully saturated rings. The van der Waals surface area contributed by atoms with Gasteiger partial charge in [0, 0.05) is 33.8 Å². The van der Waals surface area contributed by atoms with Gasteiger partial charge < -0.3 is 10.1 Å². The molecule has 4 bridgehead atoms. The normalized spacial score (nSPS) is 30.4. The number of ether oxygens (including phenoxy) is 1. The zero-order valence-corrected chi connectivity index (χ0v) is 19.2. The fourth-order valence-corrected chi connectivity index (χ4v) is 7.24. The van der Waals surface area contributed by atoms with Gasteiger partial charge in [0.25, 0.3) is 0 Å². The molecule has 0 spiro atoms. The summed E-state index contributed by atoms with van der Waals surface area (Å²) >= 11 is 12.3. The maximum absolute atomic E-state index is 6.31. The summed E-state index contributed by atoms with van der Waals surface area (Å²) in [6, 6.07) is 14.4. The van der Waals surface area contributed by atoms with Gasteiger partial charge in [-0.15, -0.1) is 0 Å². The molecule has 1 atom stereocenters. The Bertz CT molecular complexity index is 876. The van der Waals surface area contributed by atoms with Gasteiger partial charge in [0.2, 0.25) is 0 Å². The largest absolute Gasteiger partial charge is 0.489 e. The van der Waals surface area contributed by atoms with Gasteiger partial charge in [-0.3, -0.25) is 0 Å². The molecule has 4 heteroatoms. The van der Waals surface area contributed by atoms with Crippen molar-refractivity contribution >= 4 is 23.2 Å².